The molecule has 0 aliphatic heterocycles. The van der Waals surface area contributed by atoms with Crippen LogP contribution in [-0.4, -0.2) is 38.4 Å². The molecule has 154 valence electrons. The summed E-state index contributed by atoms with van der Waals surface area (Å²) in [7, 11) is 1.33. The van der Waals surface area contributed by atoms with E-state index in [1.54, 1.807) is 19.1 Å². The summed E-state index contributed by atoms with van der Waals surface area (Å²) in [5, 5.41) is 23.6. The van der Waals surface area contributed by atoms with Crippen molar-refractivity contribution < 1.29 is 28.2 Å². The first-order chi connectivity index (χ1) is 13.0. The van der Waals surface area contributed by atoms with Gasteiger partial charge in [-0.15, -0.1) is 0 Å². The number of hydrogen-bond donors (Lipinski definition) is 3. The van der Waals surface area contributed by atoms with Gasteiger partial charge in [-0.25, -0.2) is 4.98 Å². The molecular weight excluding hydrogens is 399 g/mol. The van der Waals surface area contributed by atoms with E-state index in [2.05, 4.69) is 10.3 Å². The highest BCUT2D eigenvalue weighted by atomic mass is 35.5. The molecule has 6 nitrogen and oxygen atoms in total. The molecule has 0 bridgehead atoms. The number of halogens is 4. The highest BCUT2D eigenvalue weighted by Gasteiger charge is 2.57. The predicted molar refractivity (Wildman–Crippen MR) is 96.4 cm³/mol. The van der Waals surface area contributed by atoms with E-state index in [4.69, 9.17) is 11.6 Å². The Morgan fingerprint density at radius 3 is 2.50 bits per heavy atom. The third-order valence-electron chi connectivity index (χ3n) is 4.62. The minimum atomic E-state index is -5.01. The summed E-state index contributed by atoms with van der Waals surface area (Å²) in [6, 6.07) is 6.02. The second-order valence-corrected chi connectivity index (χ2v) is 6.89. The molecule has 10 heteroatoms. The van der Waals surface area contributed by atoms with Gasteiger partial charge in [0.25, 0.3) is 5.91 Å². The number of aryl methyl sites for hydroxylation is 1. The van der Waals surface area contributed by atoms with E-state index in [0.717, 1.165) is 10.8 Å². The van der Waals surface area contributed by atoms with Gasteiger partial charge in [-0.1, -0.05) is 30.7 Å². The molecule has 2 atom stereocenters. The summed E-state index contributed by atoms with van der Waals surface area (Å²) in [6.07, 6.45) is -3.49. The molecule has 0 spiro atoms. The molecular formula is C18H21ClF3N3O3. The van der Waals surface area contributed by atoms with Crippen LogP contribution in [-0.2, 0) is 23.0 Å². The largest absolute Gasteiger partial charge is 0.424 e. The van der Waals surface area contributed by atoms with E-state index in [0.29, 0.717) is 5.02 Å². The van der Waals surface area contributed by atoms with Gasteiger partial charge in [0.15, 0.2) is 5.60 Å². The molecule has 1 amide bonds. The monoisotopic (exact) mass is 419 g/mol. The molecule has 2 aromatic rings. The van der Waals surface area contributed by atoms with E-state index in [1.807, 2.05) is 0 Å². The Bertz CT molecular complexity index is 843. The Hall–Kier alpha value is -2.10. The van der Waals surface area contributed by atoms with Crippen molar-refractivity contribution in [2.24, 2.45) is 7.05 Å². The molecule has 0 unspecified atom stereocenters. The fourth-order valence-electron chi connectivity index (χ4n) is 2.89. The normalized spacial score (nSPS) is 16.3. The first kappa shape index (κ1) is 22.2. The minimum absolute atomic E-state index is 0.0257. The van der Waals surface area contributed by atoms with Crippen molar-refractivity contribution in [2.75, 3.05) is 6.54 Å². The van der Waals surface area contributed by atoms with Crippen LogP contribution in [0.5, 0.6) is 0 Å². The van der Waals surface area contributed by atoms with Crippen molar-refractivity contribution in [3.8, 4) is 0 Å². The number of imidazole rings is 1. The zero-order valence-electron chi connectivity index (χ0n) is 15.3. The Morgan fingerprint density at radius 2 is 2.00 bits per heavy atom. The topological polar surface area (TPSA) is 87.4 Å². The fraction of sp³-hybridized carbons (Fsp3) is 0.444. The smallest absolute Gasteiger partial charge is 0.375 e. The lowest BCUT2D eigenvalue weighted by Gasteiger charge is -2.31. The van der Waals surface area contributed by atoms with Crippen molar-refractivity contribution in [2.45, 2.75) is 37.1 Å². The molecule has 1 heterocycles. The number of benzene rings is 1. The molecule has 0 fully saturated rings. The quantitative estimate of drug-likeness (QED) is 0.644. The van der Waals surface area contributed by atoms with Crippen LogP contribution in [0.4, 0.5) is 13.2 Å². The van der Waals surface area contributed by atoms with Crippen LogP contribution in [0, 0.1) is 0 Å². The first-order valence-electron chi connectivity index (χ1n) is 8.49. The van der Waals surface area contributed by atoms with E-state index < -0.39 is 42.1 Å². The van der Waals surface area contributed by atoms with Crippen molar-refractivity contribution in [3.05, 3.63) is 53.1 Å². The summed E-state index contributed by atoms with van der Waals surface area (Å²) in [6.45, 7) is 1.02. The second-order valence-electron chi connectivity index (χ2n) is 6.45. The number of rotatable bonds is 7. The van der Waals surface area contributed by atoms with Crippen LogP contribution in [0.25, 0.3) is 0 Å². The number of aromatic nitrogens is 2. The number of nitrogens with zero attached hydrogens (tertiary/aromatic N) is 2. The van der Waals surface area contributed by atoms with Gasteiger partial charge in [0.1, 0.15) is 5.82 Å². The fourth-order valence-corrected chi connectivity index (χ4v) is 3.08. The molecule has 0 aliphatic carbocycles. The number of carbonyl (C=O) groups excluding carboxylic acids is 1. The molecule has 1 aromatic heterocycles. The lowest BCUT2D eigenvalue weighted by Crippen LogP contribution is -2.49. The van der Waals surface area contributed by atoms with Gasteiger partial charge in [0.05, 0.1) is 0 Å². The van der Waals surface area contributed by atoms with Gasteiger partial charge in [-0.3, -0.25) is 4.79 Å². The van der Waals surface area contributed by atoms with Gasteiger partial charge in [-0.2, -0.15) is 13.2 Å². The van der Waals surface area contributed by atoms with E-state index in [9.17, 15) is 28.2 Å². The number of carbonyl (C=O) groups is 1. The second kappa shape index (κ2) is 8.10. The average Bonchev–Trinajstić information content (AvgIpc) is 3.06. The molecule has 3 N–H and O–H groups in total. The lowest BCUT2D eigenvalue weighted by atomic mass is 9.90. The first-order valence-corrected chi connectivity index (χ1v) is 8.87. The summed E-state index contributed by atoms with van der Waals surface area (Å²) in [5.74, 6) is -1.48. The number of alkyl halides is 3. The van der Waals surface area contributed by atoms with Gasteiger partial charge in [0, 0.05) is 37.4 Å². The maximum Gasteiger partial charge on any atom is 0.424 e. The summed E-state index contributed by atoms with van der Waals surface area (Å²) in [5.41, 5.74) is -5.00. The standard InChI is InChI=1S/C18H21ClF3N3O3/c1-3-16(27,12-5-4-6-13(19)11-12)15(26)24-8-7-17(28,18(20,21)22)14-23-9-10-25(14)2/h4-6,9-11,27-28H,3,7-8H2,1-2H3,(H,24,26)/t16-,17-/m0/s1. The molecule has 0 saturated carbocycles. The van der Waals surface area contributed by atoms with Crippen molar-refractivity contribution in [3.63, 3.8) is 0 Å². The van der Waals surface area contributed by atoms with Crippen LogP contribution < -0.4 is 5.32 Å². The highest BCUT2D eigenvalue weighted by Crippen LogP contribution is 2.40. The summed E-state index contributed by atoms with van der Waals surface area (Å²) >= 11 is 5.89. The van der Waals surface area contributed by atoms with Crippen LogP contribution in [0.2, 0.25) is 5.02 Å². The van der Waals surface area contributed by atoms with Gasteiger partial charge in [0.2, 0.25) is 5.60 Å². The van der Waals surface area contributed by atoms with Gasteiger partial charge < -0.3 is 20.1 Å². The lowest BCUT2D eigenvalue weighted by molar-refractivity contribution is -0.272. The Balaban J connectivity index is 2.17. The minimum Gasteiger partial charge on any atom is -0.375 e. The van der Waals surface area contributed by atoms with E-state index in [1.165, 1.54) is 25.4 Å². The zero-order valence-corrected chi connectivity index (χ0v) is 16.1. The number of aliphatic hydroxyl groups is 2. The van der Waals surface area contributed by atoms with Gasteiger partial charge >= 0.3 is 6.18 Å². The van der Waals surface area contributed by atoms with Crippen molar-refractivity contribution in [1.82, 2.24) is 14.9 Å². The summed E-state index contributed by atoms with van der Waals surface area (Å²) in [4.78, 5) is 16.1. The third kappa shape index (κ3) is 4.16. The zero-order chi connectivity index (χ0) is 21.2. The van der Waals surface area contributed by atoms with Crippen molar-refractivity contribution >= 4 is 17.5 Å². The molecule has 0 saturated heterocycles. The SMILES string of the molecule is CC[C@@](O)(C(=O)NCC[C@](O)(c1nccn1C)C(F)(F)F)c1cccc(Cl)c1. The molecule has 28 heavy (non-hydrogen) atoms. The van der Waals surface area contributed by atoms with Gasteiger partial charge in [-0.05, 0) is 24.1 Å². The Morgan fingerprint density at radius 1 is 1.32 bits per heavy atom. The van der Waals surface area contributed by atoms with Crippen LogP contribution in [0.3, 0.4) is 0 Å². The summed E-state index contributed by atoms with van der Waals surface area (Å²) < 4.78 is 41.6. The van der Waals surface area contributed by atoms with E-state index in [-0.39, 0.29) is 12.0 Å². The number of nitrogens with one attached hydrogen (secondary N) is 1. The maximum absolute atomic E-state index is 13.5. The maximum atomic E-state index is 13.5. The van der Waals surface area contributed by atoms with Crippen LogP contribution in [0.15, 0.2) is 36.7 Å². The van der Waals surface area contributed by atoms with E-state index >= 15 is 0 Å². The molecule has 0 radical (unpaired) electrons. The Labute approximate surface area is 165 Å². The number of amides is 1. The number of hydrogen-bond acceptors (Lipinski definition) is 4. The van der Waals surface area contributed by atoms with Crippen LogP contribution in [0.1, 0.15) is 31.2 Å². The third-order valence-corrected chi connectivity index (χ3v) is 4.86. The Kier molecular flexibility index (Phi) is 6.42. The van der Waals surface area contributed by atoms with Crippen LogP contribution >= 0.6 is 11.6 Å². The average molecular weight is 420 g/mol. The molecule has 1 aromatic carbocycles. The van der Waals surface area contributed by atoms with Crippen molar-refractivity contribution in [1.29, 1.82) is 0 Å². The predicted octanol–water partition coefficient (Wildman–Crippen LogP) is 2.63. The highest BCUT2D eigenvalue weighted by molar-refractivity contribution is 6.30. The molecule has 2 rings (SSSR count). The molecule has 0 aliphatic rings.